The molecule has 1 N–H and O–H groups in total. The Kier molecular flexibility index (Phi) is 5.26. The van der Waals surface area contributed by atoms with Gasteiger partial charge in [0.1, 0.15) is 11.7 Å². The third kappa shape index (κ3) is 3.55. The van der Waals surface area contributed by atoms with Crippen molar-refractivity contribution in [3.8, 4) is 0 Å². The molecular weight excluding hydrogens is 387 g/mol. The van der Waals surface area contributed by atoms with Gasteiger partial charge in [-0.15, -0.1) is 0 Å². The van der Waals surface area contributed by atoms with Crippen LogP contribution in [-0.4, -0.2) is 58.4 Å². The first-order valence-electron chi connectivity index (χ1n) is 10.3. The Balaban J connectivity index is 1.58. The van der Waals surface area contributed by atoms with Crippen LogP contribution in [0, 0.1) is 11.2 Å². The maximum absolute atomic E-state index is 13.4. The molecule has 1 fully saturated rings. The molecule has 0 saturated carbocycles. The zero-order valence-corrected chi connectivity index (χ0v) is 17.5. The van der Waals surface area contributed by atoms with E-state index in [-0.39, 0.29) is 35.2 Å². The molecule has 30 heavy (non-hydrogen) atoms. The maximum Gasteiger partial charge on any atom is 0.409 e. The van der Waals surface area contributed by atoms with Crippen LogP contribution in [0.2, 0.25) is 0 Å². The highest BCUT2D eigenvalue weighted by Gasteiger charge is 2.44. The number of rotatable bonds is 3. The topological polar surface area (TPSA) is 77.7 Å². The molecule has 1 amide bonds. The molecule has 1 aromatic rings. The van der Waals surface area contributed by atoms with Crippen LogP contribution in [0.15, 0.2) is 46.3 Å². The molecule has 1 aromatic carbocycles. The first kappa shape index (κ1) is 20.4. The largest absolute Gasteiger partial charge is 0.493 e. The van der Waals surface area contributed by atoms with Gasteiger partial charge in [0.05, 0.1) is 24.3 Å². The molecule has 0 aliphatic carbocycles. The van der Waals surface area contributed by atoms with Gasteiger partial charge in [-0.1, -0.05) is 19.1 Å². The Bertz CT molecular complexity index is 917. The molecule has 4 rings (SSSR count). The van der Waals surface area contributed by atoms with Crippen molar-refractivity contribution in [1.82, 2.24) is 9.91 Å². The van der Waals surface area contributed by atoms with Crippen molar-refractivity contribution in [1.29, 1.82) is 0 Å². The number of fused-ring (bicyclic) bond motifs is 1. The number of hydrazone groups is 1. The van der Waals surface area contributed by atoms with E-state index in [0.29, 0.717) is 25.5 Å². The Morgan fingerprint density at radius 3 is 2.60 bits per heavy atom. The van der Waals surface area contributed by atoms with E-state index in [1.165, 1.54) is 17.1 Å². The third-order valence-corrected chi connectivity index (χ3v) is 6.30. The highest BCUT2D eigenvalue weighted by molar-refractivity contribution is 6.14. The smallest absolute Gasteiger partial charge is 0.409 e. The van der Waals surface area contributed by atoms with Gasteiger partial charge in [0.2, 0.25) is 5.88 Å². The standard InChI is InChI=1S/C22H27FN4O3/c1-4-30-21(29)26-11-9-22(3,10-12-26)17-13-18(28)27-20(24-17)19(14(2)25-27)15-5-7-16(23)8-6-15/h5-8,13,17,19,28H,4,9-12H2,1-3H3. The SMILES string of the molecule is CCOC(=O)N1CCC(C)(C2C=C(O)N3N=C(C)C(c4ccc(F)cc4)C3=N2)CC1. The zero-order chi connectivity index (χ0) is 21.5. The molecule has 8 heteroatoms. The van der Waals surface area contributed by atoms with Crippen LogP contribution in [0.1, 0.15) is 45.1 Å². The molecule has 1 saturated heterocycles. The van der Waals surface area contributed by atoms with Crippen LogP contribution in [-0.2, 0) is 4.74 Å². The van der Waals surface area contributed by atoms with E-state index in [0.717, 1.165) is 24.1 Å². The minimum absolute atomic E-state index is 0.0583. The van der Waals surface area contributed by atoms with E-state index < -0.39 is 0 Å². The van der Waals surface area contributed by atoms with Gasteiger partial charge in [0.25, 0.3) is 0 Å². The monoisotopic (exact) mass is 414 g/mol. The summed E-state index contributed by atoms with van der Waals surface area (Å²) < 4.78 is 18.5. The molecule has 3 aliphatic heterocycles. The van der Waals surface area contributed by atoms with Crippen molar-refractivity contribution in [2.45, 2.75) is 45.6 Å². The number of nitrogens with zero attached hydrogens (tertiary/aromatic N) is 4. The number of aliphatic hydroxyl groups excluding tert-OH is 1. The number of amides is 1. The van der Waals surface area contributed by atoms with E-state index in [1.54, 1.807) is 30.0 Å². The fourth-order valence-electron chi connectivity index (χ4n) is 4.38. The van der Waals surface area contributed by atoms with Crippen molar-refractivity contribution in [2.75, 3.05) is 19.7 Å². The van der Waals surface area contributed by atoms with Crippen LogP contribution in [0.25, 0.3) is 0 Å². The Morgan fingerprint density at radius 2 is 1.97 bits per heavy atom. The molecule has 2 atom stereocenters. The minimum atomic E-state index is -0.296. The summed E-state index contributed by atoms with van der Waals surface area (Å²) in [5, 5.41) is 16.6. The average molecular weight is 414 g/mol. The van der Waals surface area contributed by atoms with Crippen molar-refractivity contribution < 1.29 is 19.0 Å². The molecule has 7 nitrogen and oxygen atoms in total. The summed E-state index contributed by atoms with van der Waals surface area (Å²) in [7, 11) is 0. The molecule has 3 heterocycles. The van der Waals surface area contributed by atoms with Gasteiger partial charge in [-0.05, 0) is 49.8 Å². The normalized spacial score (nSPS) is 25.3. The van der Waals surface area contributed by atoms with E-state index in [4.69, 9.17) is 9.73 Å². The summed E-state index contributed by atoms with van der Waals surface area (Å²) in [4.78, 5) is 18.7. The van der Waals surface area contributed by atoms with Crippen LogP contribution in [0.5, 0.6) is 0 Å². The van der Waals surface area contributed by atoms with Gasteiger partial charge in [-0.3, -0.25) is 4.99 Å². The predicted molar refractivity (Wildman–Crippen MR) is 112 cm³/mol. The van der Waals surface area contributed by atoms with Gasteiger partial charge in [0, 0.05) is 19.2 Å². The van der Waals surface area contributed by atoms with E-state index in [2.05, 4.69) is 12.0 Å². The second kappa shape index (κ2) is 7.74. The fourth-order valence-corrected chi connectivity index (χ4v) is 4.38. The lowest BCUT2D eigenvalue weighted by molar-refractivity contribution is 0.0684. The Morgan fingerprint density at radius 1 is 1.30 bits per heavy atom. The maximum atomic E-state index is 13.4. The summed E-state index contributed by atoms with van der Waals surface area (Å²) in [6.45, 7) is 7.36. The first-order valence-corrected chi connectivity index (χ1v) is 10.3. The molecule has 3 aliphatic rings. The average Bonchev–Trinajstić information content (AvgIpc) is 3.06. The van der Waals surface area contributed by atoms with Crippen molar-refractivity contribution in [2.24, 2.45) is 15.5 Å². The van der Waals surface area contributed by atoms with Crippen LogP contribution < -0.4 is 0 Å². The fraction of sp³-hybridized carbons (Fsp3) is 0.500. The summed E-state index contributed by atoms with van der Waals surface area (Å²) >= 11 is 0. The number of hydrogen-bond donors (Lipinski definition) is 1. The highest BCUT2D eigenvalue weighted by atomic mass is 19.1. The number of amidine groups is 1. The van der Waals surface area contributed by atoms with Gasteiger partial charge in [-0.2, -0.15) is 10.1 Å². The summed E-state index contributed by atoms with van der Waals surface area (Å²) in [6.07, 6.45) is 2.96. The number of piperidine rings is 1. The predicted octanol–water partition coefficient (Wildman–Crippen LogP) is 4.04. The number of hydrogen-bond acceptors (Lipinski definition) is 6. The van der Waals surface area contributed by atoms with Crippen LogP contribution >= 0.6 is 0 Å². The lowest BCUT2D eigenvalue weighted by Crippen LogP contribution is -2.47. The molecule has 0 bridgehead atoms. The Labute approximate surface area is 175 Å². The molecule has 2 unspecified atom stereocenters. The molecule has 0 radical (unpaired) electrons. The number of aliphatic imine (C=N–C) groups is 1. The Hall–Kier alpha value is -2.90. The lowest BCUT2D eigenvalue weighted by Gasteiger charge is -2.43. The second-order valence-corrected chi connectivity index (χ2v) is 8.33. The number of ether oxygens (including phenoxy) is 1. The van der Waals surface area contributed by atoms with E-state index in [1.807, 2.05) is 6.92 Å². The van der Waals surface area contributed by atoms with Crippen molar-refractivity contribution in [3.05, 3.63) is 47.6 Å². The van der Waals surface area contributed by atoms with Gasteiger partial charge in [0.15, 0.2) is 0 Å². The molecular formula is C22H27FN4O3. The van der Waals surface area contributed by atoms with Crippen LogP contribution in [0.3, 0.4) is 0 Å². The molecule has 160 valence electrons. The number of carbonyl (C=O) groups is 1. The summed E-state index contributed by atoms with van der Waals surface area (Å²) in [6, 6.07) is 6.07. The van der Waals surface area contributed by atoms with Crippen molar-refractivity contribution in [3.63, 3.8) is 0 Å². The number of carbonyl (C=O) groups excluding carboxylic acids is 1. The highest BCUT2D eigenvalue weighted by Crippen LogP contribution is 2.41. The van der Waals surface area contributed by atoms with E-state index in [9.17, 15) is 14.3 Å². The van der Waals surface area contributed by atoms with Crippen molar-refractivity contribution >= 4 is 17.6 Å². The van der Waals surface area contributed by atoms with Gasteiger partial charge >= 0.3 is 6.09 Å². The van der Waals surface area contributed by atoms with Gasteiger partial charge in [-0.25, -0.2) is 9.18 Å². The summed E-state index contributed by atoms with van der Waals surface area (Å²) in [5.41, 5.74) is 1.47. The third-order valence-electron chi connectivity index (χ3n) is 6.30. The molecule has 0 spiro atoms. The first-order chi connectivity index (χ1) is 14.3. The number of aliphatic hydroxyl groups is 1. The van der Waals surface area contributed by atoms with Gasteiger partial charge < -0.3 is 14.7 Å². The number of halogens is 1. The number of likely N-dealkylation sites (tertiary alicyclic amines) is 1. The summed E-state index contributed by atoms with van der Waals surface area (Å²) in [5.74, 6) is 0.184. The minimum Gasteiger partial charge on any atom is -0.493 e. The van der Waals surface area contributed by atoms with E-state index >= 15 is 0 Å². The second-order valence-electron chi connectivity index (χ2n) is 8.33. The van der Waals surface area contributed by atoms with Crippen LogP contribution in [0.4, 0.5) is 9.18 Å². The zero-order valence-electron chi connectivity index (χ0n) is 17.5. The number of benzene rings is 1. The quantitative estimate of drug-likeness (QED) is 0.810. The molecule has 0 aromatic heterocycles. The lowest BCUT2D eigenvalue weighted by atomic mass is 9.73.